The minimum Gasteiger partial charge on any atom is -0.350 e. The minimum absolute atomic E-state index is 0.0209. The zero-order valence-electron chi connectivity index (χ0n) is 10.7. The van der Waals surface area contributed by atoms with Gasteiger partial charge in [0.1, 0.15) is 0 Å². The highest BCUT2D eigenvalue weighted by atomic mass is 16.7. The monoisotopic (exact) mass is 214 g/mol. The van der Waals surface area contributed by atoms with Crippen molar-refractivity contribution in [1.82, 2.24) is 0 Å². The van der Waals surface area contributed by atoms with Gasteiger partial charge in [0.25, 0.3) is 0 Å². The molecule has 0 aromatic rings. The first-order valence-corrected chi connectivity index (χ1v) is 6.46. The Kier molecular flexibility index (Phi) is 5.62. The third kappa shape index (κ3) is 4.12. The zero-order valence-corrected chi connectivity index (χ0v) is 10.7. The van der Waals surface area contributed by atoms with E-state index in [1.165, 1.54) is 32.1 Å². The minimum atomic E-state index is -0.0209. The lowest BCUT2D eigenvalue weighted by Gasteiger charge is -2.38. The summed E-state index contributed by atoms with van der Waals surface area (Å²) in [4.78, 5) is 0. The van der Waals surface area contributed by atoms with Crippen LogP contribution in [0.15, 0.2) is 0 Å². The molecule has 0 radical (unpaired) electrons. The quantitative estimate of drug-likeness (QED) is 0.649. The molecule has 0 saturated carbocycles. The highest BCUT2D eigenvalue weighted by Crippen LogP contribution is 2.27. The number of unbranched alkanes of at least 4 members (excludes halogenated alkanes) is 3. The molecule has 1 fully saturated rings. The highest BCUT2D eigenvalue weighted by Gasteiger charge is 2.31. The van der Waals surface area contributed by atoms with E-state index in [9.17, 15) is 0 Å². The molecule has 90 valence electrons. The number of ether oxygens (including phenoxy) is 2. The molecule has 2 nitrogen and oxygen atoms in total. The van der Waals surface area contributed by atoms with E-state index >= 15 is 0 Å². The number of hydrogen-bond donors (Lipinski definition) is 0. The summed E-state index contributed by atoms with van der Waals surface area (Å²) in [7, 11) is 0. The van der Waals surface area contributed by atoms with E-state index in [4.69, 9.17) is 9.47 Å². The maximum absolute atomic E-state index is 5.83. The Labute approximate surface area is 94.3 Å². The topological polar surface area (TPSA) is 18.5 Å². The van der Waals surface area contributed by atoms with Crippen LogP contribution in [0.25, 0.3) is 0 Å². The second kappa shape index (κ2) is 6.49. The van der Waals surface area contributed by atoms with Crippen LogP contribution >= 0.6 is 0 Å². The van der Waals surface area contributed by atoms with Gasteiger partial charge < -0.3 is 9.47 Å². The summed E-state index contributed by atoms with van der Waals surface area (Å²) in [6.45, 7) is 8.64. The summed E-state index contributed by atoms with van der Waals surface area (Å²) in [6.07, 6.45) is 7.20. The van der Waals surface area contributed by atoms with Crippen LogP contribution in [0.4, 0.5) is 0 Å². The van der Waals surface area contributed by atoms with Crippen molar-refractivity contribution in [3.05, 3.63) is 0 Å². The maximum atomic E-state index is 5.83. The van der Waals surface area contributed by atoms with Gasteiger partial charge in [0.15, 0.2) is 6.29 Å². The molecule has 0 amide bonds. The normalized spacial score (nSPS) is 36.8. The molecule has 0 aromatic carbocycles. The SMILES string of the molecule is CCCCCC[C@@H]1O[C@H](C)O[C@H](C)[C@@H]1C. The molecule has 0 bridgehead atoms. The van der Waals surface area contributed by atoms with Gasteiger partial charge in [-0.1, -0.05) is 39.5 Å². The molecule has 4 atom stereocenters. The summed E-state index contributed by atoms with van der Waals surface area (Å²) < 4.78 is 11.5. The predicted octanol–water partition coefficient (Wildman–Crippen LogP) is 3.74. The summed E-state index contributed by atoms with van der Waals surface area (Å²) in [5.41, 5.74) is 0. The molecule has 0 unspecified atom stereocenters. The van der Waals surface area contributed by atoms with Crippen LogP contribution in [0.5, 0.6) is 0 Å². The van der Waals surface area contributed by atoms with Gasteiger partial charge in [-0.3, -0.25) is 0 Å². The van der Waals surface area contributed by atoms with Gasteiger partial charge in [0.2, 0.25) is 0 Å². The Bertz CT molecular complexity index is 170. The molecule has 0 aliphatic carbocycles. The summed E-state index contributed by atoms with van der Waals surface area (Å²) in [5, 5.41) is 0. The fourth-order valence-corrected chi connectivity index (χ4v) is 2.23. The molecule has 1 aliphatic rings. The standard InChI is InChI=1S/C13H26O2/c1-5-6-7-8-9-13-10(2)11(3)14-12(4)15-13/h10-13H,5-9H2,1-4H3/t10-,11+,12+,13-/m0/s1. The fraction of sp³-hybridized carbons (Fsp3) is 1.00. The fourth-order valence-electron chi connectivity index (χ4n) is 2.23. The van der Waals surface area contributed by atoms with Gasteiger partial charge in [0.05, 0.1) is 12.2 Å². The number of rotatable bonds is 5. The first kappa shape index (κ1) is 13.0. The molecule has 1 rings (SSSR count). The maximum Gasteiger partial charge on any atom is 0.155 e. The van der Waals surface area contributed by atoms with Crippen molar-refractivity contribution in [2.75, 3.05) is 0 Å². The average molecular weight is 214 g/mol. The lowest BCUT2D eigenvalue weighted by atomic mass is 9.93. The molecule has 0 spiro atoms. The molecule has 1 aliphatic heterocycles. The van der Waals surface area contributed by atoms with Crippen molar-refractivity contribution in [2.45, 2.75) is 78.3 Å². The Hall–Kier alpha value is -0.0800. The molecule has 15 heavy (non-hydrogen) atoms. The summed E-state index contributed by atoms with van der Waals surface area (Å²) >= 11 is 0. The number of hydrogen-bond acceptors (Lipinski definition) is 2. The van der Waals surface area contributed by atoms with Crippen LogP contribution in [0.3, 0.4) is 0 Å². The van der Waals surface area contributed by atoms with Crippen LogP contribution in [-0.4, -0.2) is 18.5 Å². The second-order valence-corrected chi connectivity index (χ2v) is 4.79. The third-order valence-electron chi connectivity index (χ3n) is 3.44. The van der Waals surface area contributed by atoms with Gasteiger partial charge in [-0.15, -0.1) is 0 Å². The smallest absolute Gasteiger partial charge is 0.155 e. The Morgan fingerprint density at radius 2 is 1.67 bits per heavy atom. The first-order chi connectivity index (χ1) is 7.15. The van der Waals surface area contributed by atoms with Gasteiger partial charge >= 0.3 is 0 Å². The molecule has 1 saturated heterocycles. The van der Waals surface area contributed by atoms with Gasteiger partial charge in [-0.2, -0.15) is 0 Å². The third-order valence-corrected chi connectivity index (χ3v) is 3.44. The molecule has 2 heteroatoms. The Balaban J connectivity index is 2.26. The van der Waals surface area contributed by atoms with Crippen molar-refractivity contribution in [3.8, 4) is 0 Å². The molecule has 1 heterocycles. The van der Waals surface area contributed by atoms with Crippen LogP contribution < -0.4 is 0 Å². The summed E-state index contributed by atoms with van der Waals surface area (Å²) in [6, 6.07) is 0. The second-order valence-electron chi connectivity index (χ2n) is 4.79. The predicted molar refractivity (Wildman–Crippen MR) is 62.8 cm³/mol. The first-order valence-electron chi connectivity index (χ1n) is 6.46. The van der Waals surface area contributed by atoms with E-state index in [1.54, 1.807) is 0 Å². The Morgan fingerprint density at radius 3 is 2.33 bits per heavy atom. The molecule has 0 N–H and O–H groups in total. The zero-order chi connectivity index (χ0) is 11.3. The van der Waals surface area contributed by atoms with Gasteiger partial charge in [-0.05, 0) is 20.3 Å². The molecular weight excluding hydrogens is 188 g/mol. The Morgan fingerprint density at radius 1 is 0.933 bits per heavy atom. The van der Waals surface area contributed by atoms with Crippen LogP contribution in [0.2, 0.25) is 0 Å². The molecular formula is C13H26O2. The van der Waals surface area contributed by atoms with Crippen LogP contribution in [-0.2, 0) is 9.47 Å². The van der Waals surface area contributed by atoms with Crippen LogP contribution in [0, 0.1) is 5.92 Å². The van der Waals surface area contributed by atoms with Gasteiger partial charge in [-0.25, -0.2) is 0 Å². The lowest BCUT2D eigenvalue weighted by Crippen LogP contribution is -2.42. The van der Waals surface area contributed by atoms with Crippen molar-refractivity contribution < 1.29 is 9.47 Å². The van der Waals surface area contributed by atoms with E-state index in [0.717, 1.165) is 0 Å². The average Bonchev–Trinajstić information content (AvgIpc) is 2.19. The van der Waals surface area contributed by atoms with E-state index in [0.29, 0.717) is 18.1 Å². The van der Waals surface area contributed by atoms with Crippen molar-refractivity contribution in [1.29, 1.82) is 0 Å². The van der Waals surface area contributed by atoms with Crippen molar-refractivity contribution >= 4 is 0 Å². The van der Waals surface area contributed by atoms with Crippen molar-refractivity contribution in [2.24, 2.45) is 5.92 Å². The van der Waals surface area contributed by atoms with E-state index in [-0.39, 0.29) is 6.29 Å². The van der Waals surface area contributed by atoms with E-state index in [2.05, 4.69) is 20.8 Å². The highest BCUT2D eigenvalue weighted by molar-refractivity contribution is 4.76. The van der Waals surface area contributed by atoms with Crippen LogP contribution in [0.1, 0.15) is 59.8 Å². The summed E-state index contributed by atoms with van der Waals surface area (Å²) in [5.74, 6) is 0.530. The molecule has 0 aromatic heterocycles. The van der Waals surface area contributed by atoms with E-state index in [1.807, 2.05) is 6.92 Å². The van der Waals surface area contributed by atoms with Gasteiger partial charge in [0, 0.05) is 5.92 Å². The van der Waals surface area contributed by atoms with Crippen molar-refractivity contribution in [3.63, 3.8) is 0 Å². The largest absolute Gasteiger partial charge is 0.350 e. The van der Waals surface area contributed by atoms with E-state index < -0.39 is 0 Å². The lowest BCUT2D eigenvalue weighted by molar-refractivity contribution is -0.254.